The van der Waals surface area contributed by atoms with Gasteiger partial charge in [-0.25, -0.2) is 0 Å². The first-order valence-electron chi connectivity index (χ1n) is 8.54. The maximum absolute atomic E-state index is 12.9. The van der Waals surface area contributed by atoms with Crippen LogP contribution in [-0.4, -0.2) is 17.9 Å². The van der Waals surface area contributed by atoms with Crippen molar-refractivity contribution >= 4 is 11.8 Å². The summed E-state index contributed by atoms with van der Waals surface area (Å²) in [5, 5.41) is 3.01. The lowest BCUT2D eigenvalue weighted by molar-refractivity contribution is -0.148. The fourth-order valence-electron chi connectivity index (χ4n) is 5.41. The molecule has 0 aromatic carbocycles. The van der Waals surface area contributed by atoms with E-state index in [1.54, 1.807) is 0 Å². The van der Waals surface area contributed by atoms with Crippen LogP contribution in [0.25, 0.3) is 0 Å². The second kappa shape index (κ2) is 5.29. The summed E-state index contributed by atoms with van der Waals surface area (Å²) in [6.45, 7) is 4.01. The van der Waals surface area contributed by atoms with E-state index in [0.717, 1.165) is 43.4 Å². The summed E-state index contributed by atoms with van der Waals surface area (Å²) in [4.78, 5) is 24.6. The molecule has 3 N–H and O–H groups in total. The van der Waals surface area contributed by atoms with E-state index in [4.69, 9.17) is 5.73 Å². The Bertz CT molecular complexity index is 411. The van der Waals surface area contributed by atoms with Gasteiger partial charge in [0.25, 0.3) is 0 Å². The summed E-state index contributed by atoms with van der Waals surface area (Å²) in [5.41, 5.74) is 5.30. The minimum Gasteiger partial charge on any atom is -0.368 e. The van der Waals surface area contributed by atoms with Gasteiger partial charge in [0.2, 0.25) is 11.8 Å². The van der Waals surface area contributed by atoms with Gasteiger partial charge in [-0.05, 0) is 62.2 Å². The average molecular weight is 292 g/mol. The molecule has 0 spiro atoms. The molecule has 4 bridgehead atoms. The lowest BCUT2D eigenvalue weighted by Gasteiger charge is -2.55. The molecule has 0 aliphatic heterocycles. The van der Waals surface area contributed by atoms with Crippen LogP contribution in [0.1, 0.15) is 58.8 Å². The van der Waals surface area contributed by atoms with Gasteiger partial charge in [0, 0.05) is 5.41 Å². The Morgan fingerprint density at radius 1 is 1.14 bits per heavy atom. The lowest BCUT2D eigenvalue weighted by Crippen LogP contribution is -2.58. The summed E-state index contributed by atoms with van der Waals surface area (Å²) in [7, 11) is 0. The molecule has 4 rings (SSSR count). The Morgan fingerprint density at radius 3 is 2.00 bits per heavy atom. The first kappa shape index (κ1) is 14.9. The van der Waals surface area contributed by atoms with Crippen LogP contribution in [0, 0.1) is 29.1 Å². The molecule has 21 heavy (non-hydrogen) atoms. The van der Waals surface area contributed by atoms with Crippen molar-refractivity contribution < 1.29 is 9.59 Å². The van der Waals surface area contributed by atoms with Crippen molar-refractivity contribution in [3.05, 3.63) is 0 Å². The van der Waals surface area contributed by atoms with Crippen molar-refractivity contribution in [2.75, 3.05) is 0 Å². The van der Waals surface area contributed by atoms with Gasteiger partial charge in [-0.15, -0.1) is 0 Å². The van der Waals surface area contributed by atoms with Crippen LogP contribution in [0.15, 0.2) is 0 Å². The Hall–Kier alpha value is -1.06. The third-order valence-electron chi connectivity index (χ3n) is 6.33. The minimum absolute atomic E-state index is 0.0976. The minimum atomic E-state index is -0.518. The molecule has 0 unspecified atom stereocenters. The normalized spacial score (nSPS) is 39.8. The van der Waals surface area contributed by atoms with Crippen LogP contribution in [0.3, 0.4) is 0 Å². The quantitative estimate of drug-likeness (QED) is 0.815. The van der Waals surface area contributed by atoms with Gasteiger partial charge < -0.3 is 11.1 Å². The molecule has 4 aliphatic rings. The highest BCUT2D eigenvalue weighted by Gasteiger charge is 2.55. The van der Waals surface area contributed by atoms with Crippen molar-refractivity contribution in [2.24, 2.45) is 34.8 Å². The van der Waals surface area contributed by atoms with E-state index >= 15 is 0 Å². The summed E-state index contributed by atoms with van der Waals surface area (Å²) in [5.74, 6) is 2.00. The summed E-state index contributed by atoms with van der Waals surface area (Å²) >= 11 is 0. The Morgan fingerprint density at radius 2 is 1.62 bits per heavy atom. The highest BCUT2D eigenvalue weighted by atomic mass is 16.2. The molecule has 0 saturated heterocycles. The molecular weight excluding hydrogens is 264 g/mol. The van der Waals surface area contributed by atoms with Crippen LogP contribution in [-0.2, 0) is 9.59 Å². The van der Waals surface area contributed by atoms with E-state index in [2.05, 4.69) is 5.32 Å². The van der Waals surface area contributed by atoms with Crippen molar-refractivity contribution in [1.82, 2.24) is 5.32 Å². The van der Waals surface area contributed by atoms with E-state index in [1.807, 2.05) is 13.8 Å². The molecule has 118 valence electrons. The largest absolute Gasteiger partial charge is 0.368 e. The molecule has 2 amide bonds. The Kier molecular flexibility index (Phi) is 3.74. The first-order chi connectivity index (χ1) is 9.93. The van der Waals surface area contributed by atoms with E-state index in [1.165, 1.54) is 19.3 Å². The monoisotopic (exact) mass is 292 g/mol. The second-order valence-electron chi connectivity index (χ2n) is 7.94. The highest BCUT2D eigenvalue weighted by molar-refractivity contribution is 5.89. The van der Waals surface area contributed by atoms with Crippen LogP contribution in [0.5, 0.6) is 0 Å². The predicted octanol–water partition coefficient (Wildman–Crippen LogP) is 2.22. The lowest BCUT2D eigenvalue weighted by atomic mass is 9.49. The van der Waals surface area contributed by atoms with Crippen LogP contribution in [0.4, 0.5) is 0 Å². The van der Waals surface area contributed by atoms with Gasteiger partial charge in [-0.1, -0.05) is 20.3 Å². The SMILES string of the molecule is CC[C@H](C)[C@@H](NC(=O)C12CC3CC(CC(C3)C1)C2)C(N)=O. The number of hydrogen-bond acceptors (Lipinski definition) is 2. The molecule has 4 saturated carbocycles. The number of nitrogens with two attached hydrogens (primary N) is 1. The van der Waals surface area contributed by atoms with E-state index in [-0.39, 0.29) is 17.2 Å². The van der Waals surface area contributed by atoms with Crippen molar-refractivity contribution in [2.45, 2.75) is 64.8 Å². The smallest absolute Gasteiger partial charge is 0.240 e. The zero-order valence-corrected chi connectivity index (χ0v) is 13.2. The maximum atomic E-state index is 12.9. The summed E-state index contributed by atoms with van der Waals surface area (Å²) < 4.78 is 0. The first-order valence-corrected chi connectivity index (χ1v) is 8.54. The number of nitrogens with one attached hydrogen (secondary N) is 1. The van der Waals surface area contributed by atoms with Gasteiger partial charge >= 0.3 is 0 Å². The van der Waals surface area contributed by atoms with Crippen molar-refractivity contribution in [1.29, 1.82) is 0 Å². The zero-order valence-electron chi connectivity index (χ0n) is 13.2. The zero-order chi connectivity index (χ0) is 15.2. The Labute approximate surface area is 127 Å². The topological polar surface area (TPSA) is 72.2 Å². The second-order valence-corrected chi connectivity index (χ2v) is 7.94. The molecule has 0 radical (unpaired) electrons. The van der Waals surface area contributed by atoms with Crippen LogP contribution in [0.2, 0.25) is 0 Å². The third-order valence-corrected chi connectivity index (χ3v) is 6.33. The van der Waals surface area contributed by atoms with E-state index in [9.17, 15) is 9.59 Å². The van der Waals surface area contributed by atoms with Gasteiger partial charge in [0.1, 0.15) is 6.04 Å². The fraction of sp³-hybridized carbons (Fsp3) is 0.882. The number of rotatable bonds is 5. The molecule has 4 fully saturated rings. The molecule has 2 atom stereocenters. The number of hydrogen-bond donors (Lipinski definition) is 2. The molecule has 4 heteroatoms. The standard InChI is InChI=1S/C17H28N2O2/c1-3-10(2)14(15(18)20)19-16(21)17-7-11-4-12(8-17)6-13(5-11)9-17/h10-14H,3-9H2,1-2H3,(H2,18,20)(H,19,21)/t10-,11?,12?,13?,14+,17?/m0/s1. The van der Waals surface area contributed by atoms with Crippen LogP contribution < -0.4 is 11.1 Å². The predicted molar refractivity (Wildman–Crippen MR) is 81.2 cm³/mol. The molecule has 0 aromatic rings. The average Bonchev–Trinajstić information content (AvgIpc) is 2.41. The van der Waals surface area contributed by atoms with Crippen molar-refractivity contribution in [3.63, 3.8) is 0 Å². The fourth-order valence-corrected chi connectivity index (χ4v) is 5.41. The summed E-state index contributed by atoms with van der Waals surface area (Å²) in [6, 6.07) is -0.518. The molecule has 0 aromatic heterocycles. The van der Waals surface area contributed by atoms with Gasteiger partial charge in [-0.2, -0.15) is 0 Å². The third kappa shape index (κ3) is 2.58. The highest BCUT2D eigenvalue weighted by Crippen LogP contribution is 2.60. The molecule has 0 heterocycles. The van der Waals surface area contributed by atoms with Gasteiger partial charge in [0.15, 0.2) is 0 Å². The van der Waals surface area contributed by atoms with Gasteiger partial charge in [0.05, 0.1) is 0 Å². The Balaban J connectivity index is 1.74. The van der Waals surface area contributed by atoms with E-state index < -0.39 is 11.9 Å². The number of carbonyl (C=O) groups is 2. The van der Waals surface area contributed by atoms with Crippen molar-refractivity contribution in [3.8, 4) is 0 Å². The number of amides is 2. The maximum Gasteiger partial charge on any atom is 0.240 e. The van der Waals surface area contributed by atoms with Gasteiger partial charge in [-0.3, -0.25) is 9.59 Å². The van der Waals surface area contributed by atoms with Crippen LogP contribution >= 0.6 is 0 Å². The number of primary amides is 1. The van der Waals surface area contributed by atoms with E-state index in [0.29, 0.717) is 0 Å². The molecule has 4 aliphatic carbocycles. The molecule has 4 nitrogen and oxygen atoms in total. The summed E-state index contributed by atoms with van der Waals surface area (Å²) in [6.07, 6.45) is 7.87. The number of carbonyl (C=O) groups excluding carboxylic acids is 2. The molecular formula is C17H28N2O2.